The summed E-state index contributed by atoms with van der Waals surface area (Å²) in [5, 5.41) is 15.1. The summed E-state index contributed by atoms with van der Waals surface area (Å²) in [7, 11) is -3.98. The Morgan fingerprint density at radius 1 is 1.20 bits per heavy atom. The Morgan fingerprint density at radius 2 is 1.85 bits per heavy atom. The van der Waals surface area contributed by atoms with Crippen LogP contribution in [0.25, 0.3) is 0 Å². The molecule has 0 saturated carbocycles. The van der Waals surface area contributed by atoms with Crippen LogP contribution in [-0.4, -0.2) is 23.7 Å². The molecule has 6 nitrogen and oxygen atoms in total. The normalized spacial score (nSPS) is 11.6. The molecule has 0 fully saturated rings. The topological polar surface area (TPSA) is 95.1 Å². The van der Waals surface area contributed by atoms with Gasteiger partial charge < -0.3 is 5.11 Å². The van der Waals surface area contributed by atoms with E-state index < -0.39 is 16.6 Å². The second-order valence-corrected chi connectivity index (χ2v) is 6.57. The number of benzene rings is 1. The highest BCUT2D eigenvalue weighted by Gasteiger charge is 2.22. The summed E-state index contributed by atoms with van der Waals surface area (Å²) in [6.07, 6.45) is 1.21. The molecule has 0 spiro atoms. The number of aromatic amines is 1. The van der Waals surface area contributed by atoms with Crippen LogP contribution in [0.1, 0.15) is 5.56 Å². The van der Waals surface area contributed by atoms with Crippen molar-refractivity contribution in [3.63, 3.8) is 0 Å². The van der Waals surface area contributed by atoms with Crippen molar-refractivity contribution in [2.45, 2.75) is 11.6 Å². The van der Waals surface area contributed by atoms with Crippen molar-refractivity contribution < 1.29 is 13.5 Å². The van der Waals surface area contributed by atoms with E-state index in [4.69, 9.17) is 39.9 Å². The lowest BCUT2D eigenvalue weighted by Gasteiger charge is -2.10. The lowest BCUT2D eigenvalue weighted by atomic mass is 10.3. The molecular formula is C10H8Cl3N3O3S. The quantitative estimate of drug-likeness (QED) is 0.734. The standard InChI is InChI=1S/C10H8Cl3N3O3S/c11-6-1-8(13)9(2-7(6)12)16-20(18,19)10-5(4-17)3-14-15-10/h1-3,16-17H,4H2,(H,14,15). The number of halogens is 3. The molecule has 2 rings (SSSR count). The number of H-pyrrole nitrogens is 1. The van der Waals surface area contributed by atoms with E-state index in [1.807, 2.05) is 0 Å². The number of hydrogen-bond acceptors (Lipinski definition) is 4. The summed E-state index contributed by atoms with van der Waals surface area (Å²) in [6, 6.07) is 2.61. The molecule has 0 aliphatic rings. The zero-order valence-electron chi connectivity index (χ0n) is 9.69. The summed E-state index contributed by atoms with van der Waals surface area (Å²) in [4.78, 5) is 0. The number of rotatable bonds is 4. The number of nitrogens with zero attached hydrogens (tertiary/aromatic N) is 1. The van der Waals surface area contributed by atoms with Crippen LogP contribution in [0, 0.1) is 0 Å². The molecule has 0 atom stereocenters. The third-order valence-corrected chi connectivity index (χ3v) is 4.79. The number of aromatic nitrogens is 2. The van der Waals surface area contributed by atoms with Crippen LogP contribution in [0.3, 0.4) is 0 Å². The Kier molecular flexibility index (Phi) is 4.46. The Labute approximate surface area is 129 Å². The van der Waals surface area contributed by atoms with Crippen molar-refractivity contribution in [2.24, 2.45) is 0 Å². The van der Waals surface area contributed by atoms with Crippen LogP contribution in [0.2, 0.25) is 15.1 Å². The first-order chi connectivity index (χ1) is 9.35. The van der Waals surface area contributed by atoms with E-state index in [2.05, 4.69) is 14.9 Å². The smallest absolute Gasteiger partial charge is 0.279 e. The van der Waals surface area contributed by atoms with Gasteiger partial charge in [0.25, 0.3) is 10.0 Å². The molecule has 1 heterocycles. The van der Waals surface area contributed by atoms with E-state index in [1.165, 1.54) is 18.3 Å². The molecule has 1 aromatic carbocycles. The fourth-order valence-electron chi connectivity index (χ4n) is 1.44. The van der Waals surface area contributed by atoms with Crippen LogP contribution < -0.4 is 4.72 Å². The van der Waals surface area contributed by atoms with Crippen LogP contribution in [0.15, 0.2) is 23.4 Å². The number of anilines is 1. The summed E-state index contributed by atoms with van der Waals surface area (Å²) in [5.74, 6) is 0. The van der Waals surface area contributed by atoms with Gasteiger partial charge in [-0.15, -0.1) is 0 Å². The van der Waals surface area contributed by atoms with Crippen molar-refractivity contribution in [1.82, 2.24) is 10.2 Å². The Bertz CT molecular complexity index is 745. The highest BCUT2D eigenvalue weighted by atomic mass is 35.5. The molecule has 0 amide bonds. The fourth-order valence-corrected chi connectivity index (χ4v) is 3.29. The van der Waals surface area contributed by atoms with Crippen LogP contribution in [-0.2, 0) is 16.6 Å². The summed E-state index contributed by atoms with van der Waals surface area (Å²) in [5.41, 5.74) is 0.202. The monoisotopic (exact) mass is 355 g/mol. The Balaban J connectivity index is 2.41. The third-order valence-electron chi connectivity index (χ3n) is 2.37. The van der Waals surface area contributed by atoms with Gasteiger partial charge in [-0.2, -0.15) is 13.5 Å². The van der Waals surface area contributed by atoms with E-state index in [-0.39, 0.29) is 31.3 Å². The zero-order valence-corrected chi connectivity index (χ0v) is 12.8. The minimum Gasteiger partial charge on any atom is -0.392 e. The van der Waals surface area contributed by atoms with Crippen LogP contribution >= 0.6 is 34.8 Å². The van der Waals surface area contributed by atoms with Gasteiger partial charge in [0.05, 0.1) is 33.6 Å². The van der Waals surface area contributed by atoms with E-state index in [0.29, 0.717) is 0 Å². The van der Waals surface area contributed by atoms with Gasteiger partial charge in [-0.25, -0.2) is 0 Å². The predicted molar refractivity (Wildman–Crippen MR) is 76.8 cm³/mol. The molecule has 0 aliphatic carbocycles. The van der Waals surface area contributed by atoms with E-state index in [0.717, 1.165) is 0 Å². The first-order valence-electron chi connectivity index (χ1n) is 5.15. The fraction of sp³-hybridized carbons (Fsp3) is 0.100. The zero-order chi connectivity index (χ0) is 14.9. The maximum absolute atomic E-state index is 12.2. The second kappa shape index (κ2) is 5.79. The van der Waals surface area contributed by atoms with Gasteiger partial charge >= 0.3 is 0 Å². The van der Waals surface area contributed by atoms with E-state index in [9.17, 15) is 8.42 Å². The molecule has 2 aromatic rings. The number of sulfonamides is 1. The maximum Gasteiger partial charge on any atom is 0.279 e. The molecule has 0 unspecified atom stereocenters. The minimum absolute atomic E-state index is 0.0690. The highest BCUT2D eigenvalue weighted by Crippen LogP contribution is 2.33. The first-order valence-corrected chi connectivity index (χ1v) is 7.77. The third kappa shape index (κ3) is 3.02. The second-order valence-electron chi connectivity index (χ2n) is 3.73. The Morgan fingerprint density at radius 3 is 2.50 bits per heavy atom. The van der Waals surface area contributed by atoms with Crippen molar-refractivity contribution >= 4 is 50.5 Å². The molecule has 1 aromatic heterocycles. The number of hydrogen-bond donors (Lipinski definition) is 3. The summed E-state index contributed by atoms with van der Waals surface area (Å²) >= 11 is 17.5. The minimum atomic E-state index is -3.98. The van der Waals surface area contributed by atoms with Crippen LogP contribution in [0.5, 0.6) is 0 Å². The van der Waals surface area contributed by atoms with Gasteiger partial charge in [-0.05, 0) is 12.1 Å². The van der Waals surface area contributed by atoms with Gasteiger partial charge in [-0.3, -0.25) is 9.82 Å². The van der Waals surface area contributed by atoms with Crippen molar-refractivity contribution in [1.29, 1.82) is 0 Å². The number of nitrogens with one attached hydrogen (secondary N) is 2. The average Bonchev–Trinajstić information content (AvgIpc) is 2.84. The SMILES string of the molecule is O=S(=O)(Nc1cc(Cl)c(Cl)cc1Cl)c1[nH]ncc1CO. The Hall–Kier alpha value is -0.990. The number of aliphatic hydroxyl groups excluding tert-OH is 1. The molecule has 108 valence electrons. The lowest BCUT2D eigenvalue weighted by molar-refractivity contribution is 0.278. The van der Waals surface area contributed by atoms with Gasteiger partial charge in [-0.1, -0.05) is 34.8 Å². The maximum atomic E-state index is 12.2. The van der Waals surface area contributed by atoms with Crippen molar-refractivity contribution in [3.8, 4) is 0 Å². The van der Waals surface area contributed by atoms with Crippen molar-refractivity contribution in [2.75, 3.05) is 4.72 Å². The molecular weight excluding hydrogens is 349 g/mol. The summed E-state index contributed by atoms with van der Waals surface area (Å²) in [6.45, 7) is -0.470. The lowest BCUT2D eigenvalue weighted by Crippen LogP contribution is -2.15. The molecule has 0 bridgehead atoms. The van der Waals surface area contributed by atoms with E-state index >= 15 is 0 Å². The molecule has 0 radical (unpaired) electrons. The molecule has 0 saturated heterocycles. The van der Waals surface area contributed by atoms with Crippen LogP contribution in [0.4, 0.5) is 5.69 Å². The molecule has 0 aliphatic heterocycles. The van der Waals surface area contributed by atoms with Gasteiger partial charge in [0.1, 0.15) is 0 Å². The largest absolute Gasteiger partial charge is 0.392 e. The van der Waals surface area contributed by atoms with Crippen molar-refractivity contribution in [3.05, 3.63) is 39.0 Å². The predicted octanol–water partition coefficient (Wildman–Crippen LogP) is 2.66. The van der Waals surface area contributed by atoms with E-state index in [1.54, 1.807) is 0 Å². The van der Waals surface area contributed by atoms with Gasteiger partial charge in [0, 0.05) is 5.56 Å². The molecule has 3 N–H and O–H groups in total. The van der Waals surface area contributed by atoms with Gasteiger partial charge in [0.2, 0.25) is 0 Å². The summed E-state index contributed by atoms with van der Waals surface area (Å²) < 4.78 is 26.6. The molecule has 10 heteroatoms. The average molecular weight is 357 g/mol. The van der Waals surface area contributed by atoms with Gasteiger partial charge in [0.15, 0.2) is 5.03 Å². The highest BCUT2D eigenvalue weighted by molar-refractivity contribution is 7.92. The number of aliphatic hydroxyl groups is 1. The molecule has 20 heavy (non-hydrogen) atoms. The first kappa shape index (κ1) is 15.4.